The van der Waals surface area contributed by atoms with Crippen molar-refractivity contribution in [3.8, 4) is 0 Å². The van der Waals surface area contributed by atoms with Crippen LogP contribution >= 0.6 is 0 Å². The molecule has 226 valence electrons. The second-order valence-electron chi connectivity index (χ2n) is 12.1. The fourth-order valence-electron chi connectivity index (χ4n) is 5.10. The minimum absolute atomic E-state index is 0.0186. The van der Waals surface area contributed by atoms with E-state index in [0.717, 1.165) is 44.9 Å². The molecule has 0 heterocycles. The average molecular weight is 554 g/mol. The fraction of sp³-hybridized carbons (Fsp3) is 0.867. The first kappa shape index (κ1) is 34.7. The van der Waals surface area contributed by atoms with Crippen molar-refractivity contribution < 1.29 is 29.0 Å². The van der Waals surface area contributed by atoms with E-state index >= 15 is 0 Å². The van der Waals surface area contributed by atoms with Gasteiger partial charge in [0.15, 0.2) is 0 Å². The van der Waals surface area contributed by atoms with E-state index < -0.39 is 35.5 Å². The number of carboxylic acid groups (broad SMARTS) is 1. The number of rotatable bonds is 11. The lowest BCUT2D eigenvalue weighted by atomic mass is 9.87. The highest BCUT2D eigenvalue weighted by Crippen LogP contribution is 2.24. The van der Waals surface area contributed by atoms with Crippen LogP contribution in [-0.4, -0.2) is 65.2 Å². The first-order chi connectivity index (χ1) is 18.4. The lowest BCUT2D eigenvalue weighted by molar-refractivity contribution is -0.144. The van der Waals surface area contributed by atoms with Crippen molar-refractivity contribution in [3.63, 3.8) is 0 Å². The Bertz CT molecular complexity index is 737. The predicted molar refractivity (Wildman–Crippen MR) is 153 cm³/mol. The molecule has 9 heteroatoms. The third kappa shape index (κ3) is 15.8. The summed E-state index contributed by atoms with van der Waals surface area (Å²) in [5, 5.41) is 15.5. The molecule has 9 nitrogen and oxygen atoms in total. The van der Waals surface area contributed by atoms with Gasteiger partial charge in [0.25, 0.3) is 0 Å². The van der Waals surface area contributed by atoms with Gasteiger partial charge in [0.05, 0.1) is 0 Å². The molecule has 39 heavy (non-hydrogen) atoms. The molecule has 1 fully saturated rings. The van der Waals surface area contributed by atoms with Gasteiger partial charge >= 0.3 is 12.1 Å². The summed E-state index contributed by atoms with van der Waals surface area (Å²) in [7, 11) is 0. The molecule has 1 aliphatic carbocycles. The molecular weight excluding hydrogens is 498 g/mol. The molecule has 3 N–H and O–H groups in total. The van der Waals surface area contributed by atoms with Crippen LogP contribution in [0.4, 0.5) is 4.79 Å². The highest BCUT2D eigenvalue weighted by atomic mass is 16.6. The molecule has 1 aliphatic rings. The van der Waals surface area contributed by atoms with Gasteiger partial charge in [-0.3, -0.25) is 9.59 Å². The number of amides is 3. The Kier molecular flexibility index (Phi) is 16.8. The molecule has 0 radical (unpaired) electrons. The summed E-state index contributed by atoms with van der Waals surface area (Å²) in [5.41, 5.74) is -0.605. The molecule has 2 atom stereocenters. The van der Waals surface area contributed by atoms with Crippen LogP contribution in [0.1, 0.15) is 125 Å². The van der Waals surface area contributed by atoms with E-state index in [1.165, 1.54) is 38.5 Å². The first-order valence-corrected chi connectivity index (χ1v) is 15.2. The van der Waals surface area contributed by atoms with Crippen molar-refractivity contribution in [1.29, 1.82) is 0 Å². The summed E-state index contributed by atoms with van der Waals surface area (Å²) in [6, 6.07) is -0.940. The van der Waals surface area contributed by atoms with Gasteiger partial charge in [0.1, 0.15) is 11.6 Å². The third-order valence-electron chi connectivity index (χ3n) is 7.26. The van der Waals surface area contributed by atoms with Gasteiger partial charge in [0, 0.05) is 32.0 Å². The molecule has 0 bridgehead atoms. The fourth-order valence-corrected chi connectivity index (χ4v) is 5.10. The van der Waals surface area contributed by atoms with Gasteiger partial charge in [0.2, 0.25) is 11.8 Å². The number of carbonyl (C=O) groups is 4. The Morgan fingerprint density at radius 2 is 1.41 bits per heavy atom. The zero-order valence-electron chi connectivity index (χ0n) is 25.2. The van der Waals surface area contributed by atoms with E-state index in [-0.39, 0.29) is 24.8 Å². The number of carboxylic acids is 1. The lowest BCUT2D eigenvalue weighted by Gasteiger charge is -2.27. The van der Waals surface area contributed by atoms with E-state index in [1.807, 2.05) is 6.92 Å². The van der Waals surface area contributed by atoms with Crippen LogP contribution in [0.15, 0.2) is 0 Å². The van der Waals surface area contributed by atoms with Gasteiger partial charge in [-0.2, -0.15) is 0 Å². The molecule has 2 unspecified atom stereocenters. The van der Waals surface area contributed by atoms with Crippen molar-refractivity contribution in [2.24, 2.45) is 11.8 Å². The maximum absolute atomic E-state index is 13.1. The summed E-state index contributed by atoms with van der Waals surface area (Å²) in [6.45, 7) is 10.0. The minimum Gasteiger partial charge on any atom is -0.480 e. The van der Waals surface area contributed by atoms with E-state index in [9.17, 15) is 24.3 Å². The molecule has 0 saturated heterocycles. The van der Waals surface area contributed by atoms with Gasteiger partial charge in [-0.25, -0.2) is 9.59 Å². The Hall–Kier alpha value is -2.32. The van der Waals surface area contributed by atoms with Crippen LogP contribution in [0.5, 0.6) is 0 Å². The standard InChI is InChI=1S/C30H55N3O6/c1-6-20-33(21-19-31-29(38)39-30(3,4)5)25(34)22-23(2)27(35)32-26(28(36)37)24-17-15-13-11-9-7-8-10-12-14-16-18-24/h23-24,26H,6-22H2,1-5H3,(H,31,38)(H,32,35)(H,36,37). The second-order valence-corrected chi connectivity index (χ2v) is 12.1. The minimum atomic E-state index is -1.00. The number of ether oxygens (including phenoxy) is 1. The van der Waals surface area contributed by atoms with Crippen molar-refractivity contribution in [3.05, 3.63) is 0 Å². The van der Waals surface area contributed by atoms with Crippen LogP contribution in [0, 0.1) is 11.8 Å². The smallest absolute Gasteiger partial charge is 0.407 e. The number of carbonyl (C=O) groups excluding carboxylic acids is 3. The number of hydrogen-bond donors (Lipinski definition) is 3. The first-order valence-electron chi connectivity index (χ1n) is 15.2. The number of alkyl carbamates (subject to hydrolysis) is 1. The highest BCUT2D eigenvalue weighted by molar-refractivity contribution is 5.88. The SMILES string of the molecule is CCCN(CCNC(=O)OC(C)(C)C)C(=O)CC(C)C(=O)NC(C(=O)O)C1CCCCCCCCCCCC1. The van der Waals surface area contributed by atoms with E-state index in [4.69, 9.17) is 4.74 Å². The number of nitrogens with zero attached hydrogens (tertiary/aromatic N) is 1. The zero-order valence-corrected chi connectivity index (χ0v) is 25.2. The van der Waals surface area contributed by atoms with Gasteiger partial charge in [-0.15, -0.1) is 0 Å². The quantitative estimate of drug-likeness (QED) is 0.303. The molecule has 1 saturated carbocycles. The molecule has 0 spiro atoms. The molecule has 3 amide bonds. The number of nitrogens with one attached hydrogen (secondary N) is 2. The third-order valence-corrected chi connectivity index (χ3v) is 7.26. The molecule has 0 aliphatic heterocycles. The normalized spacial score (nSPS) is 17.9. The van der Waals surface area contributed by atoms with Crippen molar-refractivity contribution in [1.82, 2.24) is 15.5 Å². The summed E-state index contributed by atoms with van der Waals surface area (Å²) < 4.78 is 5.23. The maximum atomic E-state index is 13.1. The Balaban J connectivity index is 2.70. The van der Waals surface area contributed by atoms with Gasteiger partial charge < -0.3 is 25.4 Å². The highest BCUT2D eigenvalue weighted by Gasteiger charge is 2.31. The van der Waals surface area contributed by atoms with Crippen molar-refractivity contribution in [2.75, 3.05) is 19.6 Å². The Morgan fingerprint density at radius 3 is 1.87 bits per heavy atom. The van der Waals surface area contributed by atoms with Crippen LogP contribution in [-0.2, 0) is 19.1 Å². The van der Waals surface area contributed by atoms with Gasteiger partial charge in [-0.1, -0.05) is 78.1 Å². The Morgan fingerprint density at radius 1 is 0.897 bits per heavy atom. The number of hydrogen-bond acceptors (Lipinski definition) is 5. The second kappa shape index (κ2) is 18.9. The molecule has 0 aromatic rings. The molecule has 0 aromatic heterocycles. The van der Waals surface area contributed by atoms with Crippen LogP contribution in [0.3, 0.4) is 0 Å². The average Bonchev–Trinajstić information content (AvgIpc) is 2.87. The summed E-state index contributed by atoms with van der Waals surface area (Å²) >= 11 is 0. The largest absolute Gasteiger partial charge is 0.480 e. The Labute approximate surface area is 236 Å². The van der Waals surface area contributed by atoms with E-state index in [1.54, 1.807) is 32.6 Å². The predicted octanol–water partition coefficient (Wildman–Crippen LogP) is 5.66. The monoisotopic (exact) mass is 553 g/mol. The van der Waals surface area contributed by atoms with Gasteiger partial charge in [-0.05, 0) is 46.0 Å². The summed E-state index contributed by atoms with van der Waals surface area (Å²) in [6.07, 6.45) is 13.3. The van der Waals surface area contributed by atoms with E-state index in [0.29, 0.717) is 13.1 Å². The molecule has 1 rings (SSSR count). The number of aliphatic carboxylic acids is 1. The topological polar surface area (TPSA) is 125 Å². The van der Waals surface area contributed by atoms with Crippen molar-refractivity contribution >= 4 is 23.9 Å². The van der Waals surface area contributed by atoms with E-state index in [2.05, 4.69) is 10.6 Å². The van der Waals surface area contributed by atoms with Crippen LogP contribution < -0.4 is 10.6 Å². The maximum Gasteiger partial charge on any atom is 0.407 e. The van der Waals surface area contributed by atoms with Crippen LogP contribution in [0.2, 0.25) is 0 Å². The van der Waals surface area contributed by atoms with Crippen molar-refractivity contribution in [2.45, 2.75) is 136 Å². The molecule has 0 aromatic carbocycles. The molecular formula is C30H55N3O6. The zero-order chi connectivity index (χ0) is 29.3. The summed E-state index contributed by atoms with van der Waals surface area (Å²) in [4.78, 5) is 51.8. The van der Waals surface area contributed by atoms with Crippen LogP contribution in [0.25, 0.3) is 0 Å². The summed E-state index contributed by atoms with van der Waals surface area (Å²) in [5.74, 6) is -2.36. The lowest BCUT2D eigenvalue weighted by Crippen LogP contribution is -2.48.